The fraction of sp³-hybridized carbons (Fsp3) is 0.523. The fourth-order valence-electron chi connectivity index (χ4n) is 9.24. The minimum absolute atomic E-state index is 0.0682. The molecule has 0 spiro atoms. The van der Waals surface area contributed by atoms with Crippen LogP contribution in [0.1, 0.15) is 118 Å². The van der Waals surface area contributed by atoms with Crippen LogP contribution in [-0.2, 0) is 31.0 Å². The lowest BCUT2D eigenvalue weighted by Gasteiger charge is -2.40. The first-order valence-electron chi connectivity index (χ1n) is 21.0. The van der Waals surface area contributed by atoms with Gasteiger partial charge < -0.3 is 20.6 Å². The Morgan fingerprint density at radius 3 is 2.41 bits per heavy atom. The molecule has 61 heavy (non-hydrogen) atoms. The molecular weight excluding hydrogens is 812 g/mol. The predicted octanol–water partition coefficient (Wildman–Crippen LogP) is 6.55. The lowest BCUT2D eigenvalue weighted by Crippen LogP contribution is -2.54. The first kappa shape index (κ1) is 44.1. The number of carbonyl (C=O) groups is 5. The van der Waals surface area contributed by atoms with E-state index in [0.717, 1.165) is 84.8 Å². The van der Waals surface area contributed by atoms with E-state index in [2.05, 4.69) is 32.4 Å². The largest absolute Gasteiger partial charge is 0.433 e. The molecule has 7 rings (SSSR count). The number of likely N-dealkylation sites (tertiary alicyclic amines) is 2. The summed E-state index contributed by atoms with van der Waals surface area (Å²) in [5, 5.41) is 20.3. The van der Waals surface area contributed by atoms with Gasteiger partial charge in [-0.1, -0.05) is 12.1 Å². The number of anilines is 1. The van der Waals surface area contributed by atoms with Gasteiger partial charge in [0.1, 0.15) is 17.4 Å². The zero-order valence-electron chi connectivity index (χ0n) is 34.6. The van der Waals surface area contributed by atoms with Crippen molar-refractivity contribution in [3.05, 3.63) is 76.2 Å². The Balaban J connectivity index is 0.913. The van der Waals surface area contributed by atoms with Gasteiger partial charge in [-0.2, -0.15) is 13.2 Å². The molecule has 4 aliphatic rings. The van der Waals surface area contributed by atoms with Crippen molar-refractivity contribution in [1.82, 2.24) is 30.4 Å². The van der Waals surface area contributed by atoms with Crippen LogP contribution in [0.25, 0.3) is 10.2 Å². The summed E-state index contributed by atoms with van der Waals surface area (Å²) in [4.78, 5) is 76.4. The molecule has 4 fully saturated rings. The van der Waals surface area contributed by atoms with Crippen molar-refractivity contribution < 1.29 is 42.3 Å². The number of fused-ring (bicyclic) bond motifs is 1. The van der Waals surface area contributed by atoms with Crippen LogP contribution in [0.3, 0.4) is 0 Å². The molecule has 1 aliphatic carbocycles. The second-order valence-corrected chi connectivity index (χ2v) is 18.2. The maximum absolute atomic E-state index is 13.6. The lowest BCUT2D eigenvalue weighted by atomic mass is 9.84. The molecule has 326 valence electrons. The third-order valence-corrected chi connectivity index (χ3v) is 13.7. The molecule has 13 nitrogen and oxygen atoms in total. The minimum atomic E-state index is -4.70. The van der Waals surface area contributed by atoms with E-state index in [4.69, 9.17) is 4.98 Å². The fourth-order valence-corrected chi connectivity index (χ4v) is 10.4. The number of benzene rings is 1. The summed E-state index contributed by atoms with van der Waals surface area (Å²) in [6, 6.07) is 6.09. The van der Waals surface area contributed by atoms with Gasteiger partial charge in [-0.25, -0.2) is 9.97 Å². The molecule has 2 unspecified atom stereocenters. The van der Waals surface area contributed by atoms with E-state index in [1.54, 1.807) is 39.0 Å². The zero-order valence-corrected chi connectivity index (χ0v) is 35.4. The number of hydrogen-bond acceptors (Lipinski definition) is 11. The maximum atomic E-state index is 13.6. The van der Waals surface area contributed by atoms with Crippen LogP contribution in [0.2, 0.25) is 0 Å². The van der Waals surface area contributed by atoms with E-state index in [1.165, 1.54) is 17.4 Å². The number of allylic oxidation sites excluding steroid dienone is 2. The molecule has 3 saturated heterocycles. The van der Waals surface area contributed by atoms with Gasteiger partial charge in [-0.15, -0.1) is 17.9 Å². The first-order valence-corrected chi connectivity index (χ1v) is 21.8. The number of nitrogens with zero attached hydrogens (tertiary/aromatic N) is 4. The normalized spacial score (nSPS) is 24.3. The van der Waals surface area contributed by atoms with Crippen molar-refractivity contribution in [1.29, 1.82) is 0 Å². The molecule has 0 radical (unpaired) electrons. The Kier molecular flexibility index (Phi) is 12.8. The summed E-state index contributed by atoms with van der Waals surface area (Å²) >= 11 is 1.53. The van der Waals surface area contributed by atoms with E-state index in [0.29, 0.717) is 40.9 Å². The number of carbonyl (C=O) groups excluding carboxylic acids is 5. The van der Waals surface area contributed by atoms with Gasteiger partial charge in [0.05, 0.1) is 26.7 Å². The Bertz CT molecular complexity index is 2250. The molecule has 0 bridgehead atoms. The molecule has 2 aromatic heterocycles. The second-order valence-electron chi connectivity index (χ2n) is 17.1. The van der Waals surface area contributed by atoms with Gasteiger partial charge in [0, 0.05) is 47.4 Å². The molecule has 3 aromatic rings. The van der Waals surface area contributed by atoms with Crippen LogP contribution in [0, 0.1) is 11.8 Å². The maximum Gasteiger partial charge on any atom is 0.433 e. The summed E-state index contributed by atoms with van der Waals surface area (Å²) in [5.74, 6) is -2.74. The van der Waals surface area contributed by atoms with Crippen molar-refractivity contribution in [2.75, 3.05) is 25.0 Å². The molecule has 2 atom stereocenters. The summed E-state index contributed by atoms with van der Waals surface area (Å²) in [5.41, 5.74) is -0.593. The quantitative estimate of drug-likeness (QED) is 0.0889. The Morgan fingerprint density at radius 2 is 1.75 bits per heavy atom. The molecule has 4 N–H and O–H groups in total. The smallest absolute Gasteiger partial charge is 0.388 e. The standard InChI is InChI=1S/C44H52F3N7O6S/c1-5-7-28-37(42(59)54(41(28)58)33-14-15-36(55)52-39(33)57)24(2)48-19-16-25-17-20-53(21-18-25)27-12-10-26(11-13-27)40-51-32-22-29(43(3,4)60)31(23-34(32)61-40)50-38(56)30-8-6-9-35(49-30)44(45,46)47/h5-6,8-9,22-23,25-28,33,48,60H,1,7,10-21H2,2-4H3,(H,50,56)(H,52,55,57)/b37-24-. The number of aliphatic hydroxyl groups is 1. The number of thiazole rings is 1. The van der Waals surface area contributed by atoms with E-state index in [-0.39, 0.29) is 36.6 Å². The van der Waals surface area contributed by atoms with Gasteiger partial charge in [-0.05, 0) is 122 Å². The number of alkyl halides is 3. The topological polar surface area (TPSA) is 174 Å². The van der Waals surface area contributed by atoms with Crippen LogP contribution < -0.4 is 16.0 Å². The van der Waals surface area contributed by atoms with Gasteiger partial charge in [-0.3, -0.25) is 34.2 Å². The monoisotopic (exact) mass is 863 g/mol. The van der Waals surface area contributed by atoms with Gasteiger partial charge in [0.25, 0.3) is 11.8 Å². The number of pyridine rings is 1. The van der Waals surface area contributed by atoms with Crippen LogP contribution >= 0.6 is 11.3 Å². The van der Waals surface area contributed by atoms with Gasteiger partial charge in [0.2, 0.25) is 17.7 Å². The first-order chi connectivity index (χ1) is 28.9. The average Bonchev–Trinajstić information content (AvgIpc) is 3.74. The van der Waals surface area contributed by atoms with E-state index in [1.807, 2.05) is 0 Å². The number of hydrogen-bond donors (Lipinski definition) is 4. The van der Waals surface area contributed by atoms with Crippen LogP contribution in [0.5, 0.6) is 0 Å². The molecule has 17 heteroatoms. The predicted molar refractivity (Wildman–Crippen MR) is 223 cm³/mol. The van der Waals surface area contributed by atoms with Gasteiger partial charge >= 0.3 is 6.18 Å². The number of amides is 5. The molecule has 3 aliphatic heterocycles. The van der Waals surface area contributed by atoms with Crippen molar-refractivity contribution in [3.63, 3.8) is 0 Å². The highest BCUT2D eigenvalue weighted by Crippen LogP contribution is 2.42. The number of aromatic nitrogens is 2. The minimum Gasteiger partial charge on any atom is -0.388 e. The third kappa shape index (κ3) is 9.58. The molecule has 5 heterocycles. The summed E-state index contributed by atoms with van der Waals surface area (Å²) in [6.45, 7) is 11.4. The van der Waals surface area contributed by atoms with Gasteiger partial charge in [0.15, 0.2) is 0 Å². The summed E-state index contributed by atoms with van der Waals surface area (Å²) in [6.07, 6.45) is 4.40. The summed E-state index contributed by atoms with van der Waals surface area (Å²) < 4.78 is 40.6. The number of rotatable bonds is 12. The lowest BCUT2D eigenvalue weighted by molar-refractivity contribution is -0.150. The van der Waals surface area contributed by atoms with E-state index >= 15 is 0 Å². The Labute approximate surface area is 356 Å². The molecular formula is C44H52F3N7O6S. The molecule has 1 aromatic carbocycles. The second kappa shape index (κ2) is 17.8. The summed E-state index contributed by atoms with van der Waals surface area (Å²) in [7, 11) is 0. The molecule has 1 saturated carbocycles. The third-order valence-electron chi connectivity index (χ3n) is 12.5. The highest BCUT2D eigenvalue weighted by Gasteiger charge is 2.49. The number of nitrogens with one attached hydrogen (secondary N) is 3. The SMILES string of the molecule is C=CCC1C(=O)N(C2CCC(=O)NC2=O)C(=O)/C1=C(/C)NCCC1CCN(C2CCC(c3nc4cc(C(C)(C)O)c(NC(=O)c5cccc(C(F)(F)F)n5)cc4s3)CC2)CC1. The zero-order chi connectivity index (χ0) is 43.8. The van der Waals surface area contributed by atoms with Crippen LogP contribution in [0.15, 0.2) is 54.3 Å². The van der Waals surface area contributed by atoms with Crippen LogP contribution in [-0.4, -0.2) is 86.1 Å². The van der Waals surface area contributed by atoms with E-state index in [9.17, 15) is 42.3 Å². The average molecular weight is 864 g/mol. The Morgan fingerprint density at radius 1 is 1.03 bits per heavy atom. The highest BCUT2D eigenvalue weighted by molar-refractivity contribution is 7.18. The van der Waals surface area contributed by atoms with Crippen LogP contribution in [0.4, 0.5) is 18.9 Å². The highest BCUT2D eigenvalue weighted by atomic mass is 32.1. The molecule has 5 amide bonds. The van der Waals surface area contributed by atoms with Crippen molar-refractivity contribution in [2.24, 2.45) is 11.8 Å². The van der Waals surface area contributed by atoms with Crippen molar-refractivity contribution in [3.8, 4) is 0 Å². The van der Waals surface area contributed by atoms with E-state index < -0.39 is 59.0 Å². The number of halogens is 3. The van der Waals surface area contributed by atoms with Crippen molar-refractivity contribution in [2.45, 2.75) is 115 Å². The number of piperidine rings is 2. The Hall–Kier alpha value is -5.00. The van der Waals surface area contributed by atoms with Crippen molar-refractivity contribution >= 4 is 56.8 Å². The number of imide groups is 2.